The number of aromatic hydroxyl groups is 1. The number of rotatable bonds is 9. The van der Waals surface area contributed by atoms with Crippen LogP contribution in [0.1, 0.15) is 17.2 Å². The number of ether oxygens (including phenoxy) is 4. The van der Waals surface area contributed by atoms with E-state index in [1.807, 2.05) is 24.3 Å². The monoisotopic (exact) mass is 387 g/mol. The Bertz CT molecular complexity index is 791. The fraction of sp³-hybridized carbons (Fsp3) is 0.286. The van der Waals surface area contributed by atoms with E-state index < -0.39 is 0 Å². The predicted molar refractivity (Wildman–Crippen MR) is 106 cm³/mol. The number of carbonyl (C=O) groups is 1. The minimum atomic E-state index is -0.280. The predicted octanol–water partition coefficient (Wildman–Crippen LogP) is 2.94. The number of nitrogens with one attached hydrogen (secondary N) is 1. The van der Waals surface area contributed by atoms with E-state index in [0.717, 1.165) is 11.3 Å². The first kappa shape index (κ1) is 21.1. The Morgan fingerprint density at radius 1 is 1.04 bits per heavy atom. The van der Waals surface area contributed by atoms with Crippen molar-refractivity contribution in [2.75, 3.05) is 35.0 Å². The third-order valence-corrected chi connectivity index (χ3v) is 4.16. The molecule has 2 aromatic carbocycles. The summed E-state index contributed by atoms with van der Waals surface area (Å²) in [6.45, 7) is 0.314. The molecule has 0 aliphatic rings. The maximum atomic E-state index is 12.2. The van der Waals surface area contributed by atoms with E-state index in [1.54, 1.807) is 32.4 Å². The molecule has 0 spiro atoms. The number of phenolic OH excluding ortho intramolecular Hbond substituents is 1. The van der Waals surface area contributed by atoms with Gasteiger partial charge in [-0.15, -0.1) is 0 Å². The zero-order chi connectivity index (χ0) is 20.5. The molecule has 0 unspecified atom stereocenters. The fourth-order valence-electron chi connectivity index (χ4n) is 2.59. The summed E-state index contributed by atoms with van der Waals surface area (Å²) in [6, 6.07) is 10.7. The summed E-state index contributed by atoms with van der Waals surface area (Å²) in [4.78, 5) is 12.2. The van der Waals surface area contributed by atoms with Crippen LogP contribution in [0.4, 0.5) is 0 Å². The van der Waals surface area contributed by atoms with E-state index in [-0.39, 0.29) is 29.3 Å². The summed E-state index contributed by atoms with van der Waals surface area (Å²) in [5.41, 5.74) is 1.58. The molecule has 0 saturated heterocycles. The van der Waals surface area contributed by atoms with Crippen LogP contribution in [0.2, 0.25) is 0 Å². The van der Waals surface area contributed by atoms with Gasteiger partial charge < -0.3 is 29.4 Å². The highest BCUT2D eigenvalue weighted by Crippen LogP contribution is 2.37. The van der Waals surface area contributed by atoms with Crippen molar-refractivity contribution < 1.29 is 28.8 Å². The zero-order valence-corrected chi connectivity index (χ0v) is 16.4. The molecule has 0 bridgehead atoms. The molecule has 0 heterocycles. The van der Waals surface area contributed by atoms with Gasteiger partial charge in [0.25, 0.3) is 0 Å². The summed E-state index contributed by atoms with van der Waals surface area (Å²) >= 11 is 0. The lowest BCUT2D eigenvalue weighted by Gasteiger charge is -2.16. The topological polar surface area (TPSA) is 86.3 Å². The number of benzene rings is 2. The lowest BCUT2D eigenvalue weighted by atomic mass is 10.1. The molecule has 1 amide bonds. The third-order valence-electron chi connectivity index (χ3n) is 4.16. The quantitative estimate of drug-likeness (QED) is 0.644. The Morgan fingerprint density at radius 2 is 1.64 bits per heavy atom. The van der Waals surface area contributed by atoms with Crippen molar-refractivity contribution in [2.45, 2.75) is 6.10 Å². The van der Waals surface area contributed by atoms with Crippen molar-refractivity contribution in [3.63, 3.8) is 0 Å². The fourth-order valence-corrected chi connectivity index (χ4v) is 2.59. The lowest BCUT2D eigenvalue weighted by Crippen LogP contribution is -2.27. The number of hydrogen-bond acceptors (Lipinski definition) is 6. The van der Waals surface area contributed by atoms with Crippen molar-refractivity contribution in [2.24, 2.45) is 0 Å². The van der Waals surface area contributed by atoms with E-state index in [4.69, 9.17) is 18.9 Å². The van der Waals surface area contributed by atoms with Crippen molar-refractivity contribution in [1.29, 1.82) is 0 Å². The first-order valence-electron chi connectivity index (χ1n) is 8.60. The van der Waals surface area contributed by atoms with E-state index in [0.29, 0.717) is 12.1 Å². The summed E-state index contributed by atoms with van der Waals surface area (Å²) in [7, 11) is 6.08. The van der Waals surface area contributed by atoms with E-state index in [1.165, 1.54) is 20.3 Å². The Morgan fingerprint density at radius 3 is 2.14 bits per heavy atom. The van der Waals surface area contributed by atoms with Crippen LogP contribution in [-0.4, -0.2) is 46.0 Å². The van der Waals surface area contributed by atoms with Gasteiger partial charge in [-0.25, -0.2) is 0 Å². The molecule has 1 atom stereocenters. The Balaban J connectivity index is 2.00. The number of methoxy groups -OCH3 is 4. The summed E-state index contributed by atoms with van der Waals surface area (Å²) < 4.78 is 20.8. The standard InChI is InChI=1S/C21H25NO6/c1-25-16-8-6-15(7-9-16)19(28-4)13-22-20(23)10-5-14-11-17(26-2)21(24)18(12-14)27-3/h5-12,19,24H,13H2,1-4H3,(H,22,23)/b10-5+/t19-/m1/s1. The average Bonchev–Trinajstić information content (AvgIpc) is 2.73. The highest BCUT2D eigenvalue weighted by Gasteiger charge is 2.12. The van der Waals surface area contributed by atoms with Gasteiger partial charge in [-0.2, -0.15) is 0 Å². The Kier molecular flexibility index (Phi) is 7.71. The van der Waals surface area contributed by atoms with Gasteiger partial charge in [-0.3, -0.25) is 4.79 Å². The van der Waals surface area contributed by atoms with Gasteiger partial charge in [0.2, 0.25) is 11.7 Å². The SMILES string of the molecule is COc1ccc([C@@H](CNC(=O)/C=C/c2cc(OC)c(O)c(OC)c2)OC)cc1. The van der Waals surface area contributed by atoms with Crippen molar-refractivity contribution >= 4 is 12.0 Å². The molecule has 7 heteroatoms. The smallest absolute Gasteiger partial charge is 0.244 e. The molecule has 2 rings (SSSR count). The van der Waals surface area contributed by atoms with Gasteiger partial charge in [-0.1, -0.05) is 12.1 Å². The highest BCUT2D eigenvalue weighted by molar-refractivity contribution is 5.91. The summed E-state index contributed by atoms with van der Waals surface area (Å²) in [5.74, 6) is 0.914. The minimum Gasteiger partial charge on any atom is -0.502 e. The van der Waals surface area contributed by atoms with Gasteiger partial charge in [0, 0.05) is 19.7 Å². The molecule has 0 aliphatic heterocycles. The molecule has 2 N–H and O–H groups in total. The molecule has 150 valence electrons. The van der Waals surface area contributed by atoms with Gasteiger partial charge in [0.05, 0.1) is 27.4 Å². The average molecular weight is 387 g/mol. The molecule has 0 aromatic heterocycles. The van der Waals surface area contributed by atoms with Gasteiger partial charge in [0.1, 0.15) is 5.75 Å². The first-order chi connectivity index (χ1) is 13.5. The van der Waals surface area contributed by atoms with Crippen LogP contribution in [0, 0.1) is 0 Å². The van der Waals surface area contributed by atoms with E-state index in [2.05, 4.69) is 5.32 Å². The largest absolute Gasteiger partial charge is 0.502 e. The van der Waals surface area contributed by atoms with Gasteiger partial charge >= 0.3 is 0 Å². The molecule has 0 saturated carbocycles. The minimum absolute atomic E-state index is 0.0889. The van der Waals surface area contributed by atoms with Crippen LogP contribution in [0.5, 0.6) is 23.0 Å². The summed E-state index contributed by atoms with van der Waals surface area (Å²) in [5, 5.41) is 12.7. The summed E-state index contributed by atoms with van der Waals surface area (Å²) in [6.07, 6.45) is 2.72. The van der Waals surface area contributed by atoms with Crippen molar-refractivity contribution in [3.05, 3.63) is 53.6 Å². The van der Waals surface area contributed by atoms with Crippen molar-refractivity contribution in [1.82, 2.24) is 5.32 Å². The van der Waals surface area contributed by atoms with Crippen LogP contribution in [-0.2, 0) is 9.53 Å². The second kappa shape index (κ2) is 10.2. The van der Waals surface area contributed by atoms with Crippen LogP contribution >= 0.6 is 0 Å². The number of amides is 1. The Hall–Kier alpha value is -3.19. The molecule has 7 nitrogen and oxygen atoms in total. The van der Waals surface area contributed by atoms with Crippen molar-refractivity contribution in [3.8, 4) is 23.0 Å². The molecular weight excluding hydrogens is 362 g/mol. The molecule has 2 aromatic rings. The maximum absolute atomic E-state index is 12.2. The van der Waals surface area contributed by atoms with Gasteiger partial charge in [0.15, 0.2) is 11.5 Å². The number of carbonyl (C=O) groups excluding carboxylic acids is 1. The molecule has 0 radical (unpaired) electrons. The van der Waals surface area contributed by atoms with Crippen LogP contribution in [0.15, 0.2) is 42.5 Å². The first-order valence-corrected chi connectivity index (χ1v) is 8.60. The lowest BCUT2D eigenvalue weighted by molar-refractivity contribution is -0.117. The molecule has 28 heavy (non-hydrogen) atoms. The third kappa shape index (κ3) is 5.40. The zero-order valence-electron chi connectivity index (χ0n) is 16.4. The van der Waals surface area contributed by atoms with Gasteiger partial charge in [-0.05, 0) is 41.5 Å². The number of phenols is 1. The normalized spacial score (nSPS) is 11.9. The maximum Gasteiger partial charge on any atom is 0.244 e. The molecular formula is C21H25NO6. The van der Waals surface area contributed by atoms with Crippen LogP contribution < -0.4 is 19.5 Å². The van der Waals surface area contributed by atoms with E-state index in [9.17, 15) is 9.90 Å². The molecule has 0 aliphatic carbocycles. The van der Waals surface area contributed by atoms with Crippen LogP contribution in [0.25, 0.3) is 6.08 Å². The number of hydrogen-bond donors (Lipinski definition) is 2. The van der Waals surface area contributed by atoms with Crippen LogP contribution in [0.3, 0.4) is 0 Å². The highest BCUT2D eigenvalue weighted by atomic mass is 16.5. The van der Waals surface area contributed by atoms with E-state index >= 15 is 0 Å². The molecule has 0 fully saturated rings. The second-order valence-electron chi connectivity index (χ2n) is 5.85. The Labute approximate surface area is 164 Å². The second-order valence-corrected chi connectivity index (χ2v) is 5.85.